The maximum atomic E-state index is 8.29. The summed E-state index contributed by atoms with van der Waals surface area (Å²) in [5.74, 6) is 0. The molecule has 0 atom stereocenters. The fourth-order valence-electron chi connectivity index (χ4n) is 1.03. The molecule has 0 aromatic heterocycles. The van der Waals surface area contributed by atoms with Crippen LogP contribution in [0.2, 0.25) is 0 Å². The van der Waals surface area contributed by atoms with Crippen molar-refractivity contribution in [1.29, 1.82) is 10.5 Å². The number of hydrogen-bond donors (Lipinski definition) is 0. The number of halogens is 2. The summed E-state index contributed by atoms with van der Waals surface area (Å²) in [4.78, 5) is 0. The normalized spacial score (nSPS) is 7.79. The van der Waals surface area contributed by atoms with Gasteiger partial charge < -0.3 is 0 Å². The molecule has 0 amide bonds. The van der Waals surface area contributed by atoms with Gasteiger partial charge in [0.15, 0.2) is 0 Å². The number of nitriles is 2. The predicted molar refractivity (Wildman–Crippen MR) is 90.4 cm³/mol. The molecule has 0 radical (unpaired) electrons. The van der Waals surface area contributed by atoms with E-state index in [4.69, 9.17) is 10.5 Å². The topological polar surface area (TPSA) is 47.6 Å². The average molecular weight is 566 g/mol. The zero-order valence-corrected chi connectivity index (χ0v) is 15.6. The van der Waals surface area contributed by atoms with E-state index in [-0.39, 0.29) is 0 Å². The standard InChI is InChI=1S/2C7H5N.2HI.Pd/c2*8-6-7-4-2-1-3-5-7;;;/h2*1-5H;2*1H;/q;;;;+2/p-2. The van der Waals surface area contributed by atoms with Gasteiger partial charge in [-0.25, -0.2) is 0 Å². The maximum absolute atomic E-state index is 8.29. The average Bonchev–Trinajstić information content (AvgIpc) is 2.50. The Balaban J connectivity index is 0.000000284. The van der Waals surface area contributed by atoms with Crippen molar-refractivity contribution in [2.45, 2.75) is 0 Å². The summed E-state index contributed by atoms with van der Waals surface area (Å²) in [6.45, 7) is 0. The van der Waals surface area contributed by atoms with Crippen molar-refractivity contribution in [2.75, 3.05) is 0 Å². The van der Waals surface area contributed by atoms with Crippen LogP contribution in [-0.4, -0.2) is 0 Å². The Bertz CT molecular complexity index is 469. The molecule has 5 heteroatoms. The van der Waals surface area contributed by atoms with Crippen LogP contribution >= 0.6 is 39.0 Å². The van der Waals surface area contributed by atoms with Gasteiger partial charge in [-0.2, -0.15) is 10.5 Å². The van der Waals surface area contributed by atoms with Crippen LogP contribution in [0.1, 0.15) is 11.1 Å². The van der Waals surface area contributed by atoms with Crippen LogP contribution in [0.5, 0.6) is 0 Å². The van der Waals surface area contributed by atoms with Crippen LogP contribution in [0.3, 0.4) is 0 Å². The summed E-state index contributed by atoms with van der Waals surface area (Å²) in [5.41, 5.74) is 1.43. The van der Waals surface area contributed by atoms with Crippen LogP contribution in [-0.2, 0) is 10.8 Å². The minimum absolute atomic E-state index is 0.715. The molecular formula is C14H10I2N2Pd. The van der Waals surface area contributed by atoms with E-state index in [0.29, 0.717) is 11.1 Å². The summed E-state index contributed by atoms with van der Waals surface area (Å²) in [6, 6.07) is 22.3. The van der Waals surface area contributed by atoms with Crippen LogP contribution in [0.15, 0.2) is 60.7 Å². The van der Waals surface area contributed by atoms with Crippen molar-refractivity contribution >= 4 is 39.0 Å². The third-order valence-corrected chi connectivity index (χ3v) is 1.81. The summed E-state index contributed by atoms with van der Waals surface area (Å²) in [7, 11) is 0.890. The molecule has 0 saturated carbocycles. The molecule has 0 fully saturated rings. The van der Waals surface area contributed by atoms with Gasteiger partial charge in [-0.1, -0.05) is 36.4 Å². The molecule has 0 spiro atoms. The Morgan fingerprint density at radius 2 is 0.947 bits per heavy atom. The number of rotatable bonds is 0. The van der Waals surface area contributed by atoms with Crippen molar-refractivity contribution in [1.82, 2.24) is 0 Å². The molecule has 2 aromatic rings. The molecule has 0 saturated heterocycles. The molecule has 100 valence electrons. The van der Waals surface area contributed by atoms with E-state index in [9.17, 15) is 0 Å². The zero-order chi connectivity index (χ0) is 14.3. The van der Waals surface area contributed by atoms with E-state index >= 15 is 0 Å². The molecule has 0 bridgehead atoms. The van der Waals surface area contributed by atoms with E-state index < -0.39 is 0 Å². The third kappa shape index (κ3) is 11.1. The number of benzene rings is 2. The first-order valence-electron chi connectivity index (χ1n) is 5.01. The second kappa shape index (κ2) is 14.0. The van der Waals surface area contributed by atoms with Crippen molar-refractivity contribution in [2.24, 2.45) is 0 Å². The first kappa shape index (κ1) is 18.5. The zero-order valence-electron chi connectivity index (χ0n) is 9.74. The first-order valence-corrected chi connectivity index (χ1v) is 14.3. The van der Waals surface area contributed by atoms with Gasteiger partial charge in [-0.05, 0) is 24.3 Å². The Kier molecular flexibility index (Phi) is 13.6. The van der Waals surface area contributed by atoms with Gasteiger partial charge in [-0.3, -0.25) is 0 Å². The Morgan fingerprint density at radius 1 is 0.684 bits per heavy atom. The van der Waals surface area contributed by atoms with E-state index in [1.165, 1.54) is 0 Å². The summed E-state index contributed by atoms with van der Waals surface area (Å²) in [5, 5.41) is 16.6. The van der Waals surface area contributed by atoms with Crippen molar-refractivity contribution < 1.29 is 10.8 Å². The van der Waals surface area contributed by atoms with E-state index in [0.717, 1.165) is 10.8 Å². The first-order chi connectivity index (χ1) is 9.28. The molecule has 0 aliphatic heterocycles. The molecule has 19 heavy (non-hydrogen) atoms. The monoisotopic (exact) mass is 566 g/mol. The molecule has 0 N–H and O–H groups in total. The van der Waals surface area contributed by atoms with Crippen LogP contribution in [0.25, 0.3) is 0 Å². The molecule has 2 rings (SSSR count). The molecule has 0 heterocycles. The predicted octanol–water partition coefficient (Wildman–Crippen LogP) is 4.89. The molecule has 2 nitrogen and oxygen atoms in total. The van der Waals surface area contributed by atoms with Gasteiger partial charge >= 0.3 is 49.8 Å². The minimum atomic E-state index is 0.715. The van der Waals surface area contributed by atoms with Crippen LogP contribution in [0, 0.1) is 22.7 Å². The Labute approximate surface area is 142 Å². The SMILES string of the molecule is N#Cc1ccccc1.N#Cc1ccccc1.[I][Pd][I]. The third-order valence-electron chi connectivity index (χ3n) is 1.81. The Hall–Kier alpha value is -0.458. The van der Waals surface area contributed by atoms with Gasteiger partial charge in [-0.15, -0.1) is 0 Å². The number of nitrogens with zero attached hydrogens (tertiary/aromatic N) is 2. The van der Waals surface area contributed by atoms with Crippen molar-refractivity contribution in [3.63, 3.8) is 0 Å². The van der Waals surface area contributed by atoms with E-state index in [1.54, 1.807) is 24.3 Å². The molecule has 0 unspecified atom stereocenters. The second-order valence-electron chi connectivity index (χ2n) is 3.00. The van der Waals surface area contributed by atoms with Gasteiger partial charge in [0.05, 0.1) is 23.3 Å². The summed E-state index contributed by atoms with van der Waals surface area (Å²) in [6.07, 6.45) is 0. The van der Waals surface area contributed by atoms with Crippen molar-refractivity contribution in [3.05, 3.63) is 71.8 Å². The van der Waals surface area contributed by atoms with Crippen molar-refractivity contribution in [3.8, 4) is 12.1 Å². The number of hydrogen-bond acceptors (Lipinski definition) is 2. The quantitative estimate of drug-likeness (QED) is 0.337. The molecule has 0 aliphatic carbocycles. The summed E-state index contributed by atoms with van der Waals surface area (Å²) >= 11 is 4.65. The second-order valence-corrected chi connectivity index (χ2v) is 15.0. The summed E-state index contributed by atoms with van der Waals surface area (Å²) < 4.78 is 0. The van der Waals surface area contributed by atoms with Crippen LogP contribution < -0.4 is 0 Å². The van der Waals surface area contributed by atoms with E-state index in [2.05, 4.69) is 39.0 Å². The van der Waals surface area contributed by atoms with Gasteiger partial charge in [0.2, 0.25) is 0 Å². The van der Waals surface area contributed by atoms with Gasteiger partial charge in [0.25, 0.3) is 0 Å². The van der Waals surface area contributed by atoms with Gasteiger partial charge in [0.1, 0.15) is 0 Å². The van der Waals surface area contributed by atoms with E-state index in [1.807, 2.05) is 48.5 Å². The fraction of sp³-hybridized carbons (Fsp3) is 0. The fourth-order valence-corrected chi connectivity index (χ4v) is 1.03. The van der Waals surface area contributed by atoms with Gasteiger partial charge in [0, 0.05) is 0 Å². The molecule has 0 aliphatic rings. The molecular weight excluding hydrogens is 556 g/mol. The van der Waals surface area contributed by atoms with Crippen LogP contribution in [0.4, 0.5) is 0 Å². The Morgan fingerprint density at radius 3 is 1.11 bits per heavy atom. The molecule has 2 aromatic carbocycles.